The van der Waals surface area contributed by atoms with Crippen LogP contribution in [0.4, 0.5) is 4.39 Å². The van der Waals surface area contributed by atoms with E-state index in [1.165, 1.54) is 6.07 Å². The summed E-state index contributed by atoms with van der Waals surface area (Å²) in [5.74, 6) is -2.54. The molecule has 0 heterocycles. The fraction of sp³-hybridized carbons (Fsp3) is 0.429. The lowest BCUT2D eigenvalue weighted by Crippen LogP contribution is -2.24. The minimum Gasteiger partial charge on any atom is -0.481 e. The molecule has 0 saturated heterocycles. The predicted molar refractivity (Wildman–Crippen MR) is 70.0 cm³/mol. The molecule has 0 aliphatic carbocycles. The fourth-order valence-electron chi connectivity index (χ4n) is 1.89. The Bertz CT molecular complexity index is 516. The molecule has 0 spiro atoms. The van der Waals surface area contributed by atoms with Gasteiger partial charge >= 0.3 is 11.9 Å². The Morgan fingerprint density at radius 3 is 2.57 bits per heavy atom. The van der Waals surface area contributed by atoms with Crippen LogP contribution in [0, 0.1) is 5.82 Å². The van der Waals surface area contributed by atoms with Crippen molar-refractivity contribution in [1.82, 2.24) is 0 Å². The number of esters is 1. The summed E-state index contributed by atoms with van der Waals surface area (Å²) in [6, 6.07) is 3.21. The predicted octanol–water partition coefficient (Wildman–Crippen LogP) is 0.800. The zero-order valence-corrected chi connectivity index (χ0v) is 11.5. The van der Waals surface area contributed by atoms with Crippen LogP contribution in [0.1, 0.15) is 30.6 Å². The van der Waals surface area contributed by atoms with Gasteiger partial charge in [-0.1, -0.05) is 6.07 Å². The molecule has 0 bridgehead atoms. The van der Waals surface area contributed by atoms with Crippen LogP contribution in [0.15, 0.2) is 18.2 Å². The van der Waals surface area contributed by atoms with Crippen LogP contribution in [0.5, 0.6) is 0 Å². The van der Waals surface area contributed by atoms with Crippen molar-refractivity contribution in [1.29, 1.82) is 0 Å². The second-order valence-corrected chi connectivity index (χ2v) is 4.43. The Labute approximate surface area is 120 Å². The average Bonchev–Trinajstić information content (AvgIpc) is 2.37. The van der Waals surface area contributed by atoms with E-state index in [1.807, 2.05) is 0 Å². The summed E-state index contributed by atoms with van der Waals surface area (Å²) in [7, 11) is 0. The minimum atomic E-state index is -1.51. The van der Waals surface area contributed by atoms with Crippen LogP contribution in [0.25, 0.3) is 0 Å². The first kappa shape index (κ1) is 17.1. The summed E-state index contributed by atoms with van der Waals surface area (Å²) in [4.78, 5) is 22.0. The van der Waals surface area contributed by atoms with Crippen molar-refractivity contribution in [3.05, 3.63) is 35.1 Å². The summed E-state index contributed by atoms with van der Waals surface area (Å²) < 4.78 is 17.8. The largest absolute Gasteiger partial charge is 0.481 e. The number of carbonyl (C=O) groups is 2. The van der Waals surface area contributed by atoms with Gasteiger partial charge in [0.25, 0.3) is 0 Å². The standard InChI is InChI=1S/C14H17FO6/c1-2-21-13(19)7-11(16)14(20)10-4-3-9(15)5-8(10)6-12(17)18/h3-5,11,14,16,20H,2,6-7H2,1H3,(H,17,18). The molecule has 0 aromatic heterocycles. The highest BCUT2D eigenvalue weighted by Gasteiger charge is 2.25. The molecule has 3 N–H and O–H groups in total. The van der Waals surface area contributed by atoms with Crippen LogP contribution < -0.4 is 0 Å². The van der Waals surface area contributed by atoms with Gasteiger partial charge < -0.3 is 20.1 Å². The quantitative estimate of drug-likeness (QED) is 0.643. The Hall–Kier alpha value is -1.99. The van der Waals surface area contributed by atoms with Crippen LogP contribution in [-0.4, -0.2) is 40.0 Å². The van der Waals surface area contributed by atoms with Crippen LogP contribution in [-0.2, 0) is 20.7 Å². The third-order valence-corrected chi connectivity index (χ3v) is 2.81. The van der Waals surface area contributed by atoms with Gasteiger partial charge in [-0.05, 0) is 30.2 Å². The number of halogens is 1. The first-order valence-electron chi connectivity index (χ1n) is 6.37. The van der Waals surface area contributed by atoms with Gasteiger partial charge in [0, 0.05) is 0 Å². The molecule has 116 valence electrons. The minimum absolute atomic E-state index is 0.0397. The summed E-state index contributed by atoms with van der Waals surface area (Å²) >= 11 is 0. The van der Waals surface area contributed by atoms with E-state index in [4.69, 9.17) is 5.11 Å². The first-order chi connectivity index (χ1) is 9.85. The van der Waals surface area contributed by atoms with Crippen molar-refractivity contribution < 1.29 is 34.0 Å². The molecule has 1 aromatic rings. The average molecular weight is 300 g/mol. The van der Waals surface area contributed by atoms with Crippen molar-refractivity contribution in [2.45, 2.75) is 32.0 Å². The molecular formula is C14H17FO6. The van der Waals surface area contributed by atoms with E-state index in [0.29, 0.717) is 0 Å². The van der Waals surface area contributed by atoms with Crippen LogP contribution in [0.3, 0.4) is 0 Å². The molecule has 0 radical (unpaired) electrons. The second-order valence-electron chi connectivity index (χ2n) is 4.43. The van der Waals surface area contributed by atoms with Gasteiger partial charge in [-0.15, -0.1) is 0 Å². The molecule has 0 amide bonds. The molecule has 7 heteroatoms. The Morgan fingerprint density at radius 2 is 2.00 bits per heavy atom. The van der Waals surface area contributed by atoms with Gasteiger partial charge in [-0.2, -0.15) is 0 Å². The van der Waals surface area contributed by atoms with Gasteiger partial charge in [0.05, 0.1) is 25.6 Å². The van der Waals surface area contributed by atoms with Gasteiger partial charge in [0.2, 0.25) is 0 Å². The maximum Gasteiger partial charge on any atom is 0.308 e. The molecule has 1 rings (SSSR count). The smallest absolute Gasteiger partial charge is 0.308 e. The highest BCUT2D eigenvalue weighted by Crippen LogP contribution is 2.24. The maximum atomic E-state index is 13.2. The monoisotopic (exact) mass is 300 g/mol. The van der Waals surface area contributed by atoms with Crippen molar-refractivity contribution in [3.8, 4) is 0 Å². The maximum absolute atomic E-state index is 13.2. The molecule has 6 nitrogen and oxygen atoms in total. The lowest BCUT2D eigenvalue weighted by atomic mass is 9.95. The van der Waals surface area contributed by atoms with Crippen LogP contribution in [0.2, 0.25) is 0 Å². The Kier molecular flexibility index (Phi) is 6.26. The normalized spacial score (nSPS) is 13.5. The van der Waals surface area contributed by atoms with Crippen molar-refractivity contribution >= 4 is 11.9 Å². The van der Waals surface area contributed by atoms with E-state index in [9.17, 15) is 24.2 Å². The van der Waals surface area contributed by atoms with E-state index < -0.39 is 42.8 Å². The summed E-state index contributed by atoms with van der Waals surface area (Å²) in [5, 5.41) is 28.6. The van der Waals surface area contributed by atoms with E-state index in [2.05, 4.69) is 4.74 Å². The van der Waals surface area contributed by atoms with Crippen molar-refractivity contribution in [2.24, 2.45) is 0 Å². The SMILES string of the molecule is CCOC(=O)CC(O)C(O)c1ccc(F)cc1CC(=O)O. The van der Waals surface area contributed by atoms with E-state index in [-0.39, 0.29) is 17.7 Å². The molecule has 0 aliphatic rings. The molecule has 2 unspecified atom stereocenters. The molecular weight excluding hydrogens is 283 g/mol. The zero-order valence-electron chi connectivity index (χ0n) is 11.5. The van der Waals surface area contributed by atoms with Gasteiger partial charge in [-0.3, -0.25) is 9.59 Å². The number of hydrogen-bond acceptors (Lipinski definition) is 5. The van der Waals surface area contributed by atoms with Gasteiger partial charge in [0.1, 0.15) is 11.9 Å². The lowest BCUT2D eigenvalue weighted by molar-refractivity contribution is -0.147. The Balaban J connectivity index is 2.92. The number of rotatable bonds is 7. The topological polar surface area (TPSA) is 104 Å². The molecule has 0 aliphatic heterocycles. The van der Waals surface area contributed by atoms with Gasteiger partial charge in [-0.25, -0.2) is 4.39 Å². The van der Waals surface area contributed by atoms with Crippen LogP contribution >= 0.6 is 0 Å². The second kappa shape index (κ2) is 7.70. The van der Waals surface area contributed by atoms with Crippen molar-refractivity contribution in [3.63, 3.8) is 0 Å². The van der Waals surface area contributed by atoms with E-state index in [0.717, 1.165) is 12.1 Å². The third kappa shape index (κ3) is 5.13. The third-order valence-electron chi connectivity index (χ3n) is 2.81. The number of aliphatic hydroxyl groups is 2. The molecule has 21 heavy (non-hydrogen) atoms. The Morgan fingerprint density at radius 1 is 1.33 bits per heavy atom. The molecule has 0 saturated carbocycles. The van der Waals surface area contributed by atoms with E-state index in [1.54, 1.807) is 6.92 Å². The molecule has 1 aromatic carbocycles. The fourth-order valence-corrected chi connectivity index (χ4v) is 1.89. The molecule has 2 atom stereocenters. The van der Waals surface area contributed by atoms with Crippen molar-refractivity contribution in [2.75, 3.05) is 6.61 Å². The molecule has 0 fully saturated rings. The summed E-state index contributed by atoms with van der Waals surface area (Å²) in [6.45, 7) is 1.74. The summed E-state index contributed by atoms with van der Waals surface area (Å²) in [6.07, 6.45) is -3.93. The number of carboxylic acids is 1. The number of aliphatic hydroxyl groups excluding tert-OH is 2. The number of carboxylic acid groups (broad SMARTS) is 1. The number of hydrogen-bond donors (Lipinski definition) is 3. The zero-order chi connectivity index (χ0) is 16.0. The number of aliphatic carboxylic acids is 1. The highest BCUT2D eigenvalue weighted by atomic mass is 19.1. The number of carbonyl (C=O) groups excluding carboxylic acids is 1. The van der Waals surface area contributed by atoms with E-state index >= 15 is 0 Å². The first-order valence-corrected chi connectivity index (χ1v) is 6.37. The number of ether oxygens (including phenoxy) is 1. The van der Waals surface area contributed by atoms with Gasteiger partial charge in [0.15, 0.2) is 0 Å². The summed E-state index contributed by atoms with van der Waals surface area (Å²) in [5.41, 5.74) is 0.105. The number of benzene rings is 1. The lowest BCUT2D eigenvalue weighted by Gasteiger charge is -2.20. The highest BCUT2D eigenvalue weighted by molar-refractivity contribution is 5.71.